The summed E-state index contributed by atoms with van der Waals surface area (Å²) < 4.78 is 0. The van der Waals surface area contributed by atoms with Gasteiger partial charge in [-0.05, 0) is 17.7 Å². The van der Waals surface area contributed by atoms with E-state index < -0.39 is 5.97 Å². The number of carbonyl (C=O) groups excluding carboxylic acids is 2. The zero-order valence-corrected chi connectivity index (χ0v) is 14.0. The molecule has 0 aromatic heterocycles. The molecule has 1 fully saturated rings. The molecule has 1 atom stereocenters. The Labute approximate surface area is 141 Å². The van der Waals surface area contributed by atoms with Gasteiger partial charge in [-0.1, -0.05) is 12.1 Å². The molecule has 1 aliphatic heterocycles. The Balaban J connectivity index is 2.14. The quantitative estimate of drug-likeness (QED) is 0.833. The highest BCUT2D eigenvalue weighted by molar-refractivity contribution is 5.87. The van der Waals surface area contributed by atoms with Gasteiger partial charge in [0.25, 0.3) is 0 Å². The van der Waals surface area contributed by atoms with Crippen molar-refractivity contribution in [1.82, 2.24) is 15.1 Å². The summed E-state index contributed by atoms with van der Waals surface area (Å²) in [5.74, 6) is -1.39. The molecule has 0 saturated carbocycles. The Morgan fingerprint density at radius 3 is 2.62 bits per heavy atom. The maximum atomic E-state index is 12.1. The molecule has 130 valence electrons. The van der Waals surface area contributed by atoms with Crippen LogP contribution in [0.15, 0.2) is 24.3 Å². The second kappa shape index (κ2) is 7.92. The maximum absolute atomic E-state index is 12.1. The topological polar surface area (TPSA) is 89.9 Å². The number of nitrogens with one attached hydrogen (secondary N) is 1. The van der Waals surface area contributed by atoms with E-state index in [1.54, 1.807) is 30.1 Å². The molecule has 7 nitrogen and oxygen atoms in total. The number of aromatic carboxylic acids is 1. The van der Waals surface area contributed by atoms with Crippen molar-refractivity contribution in [2.24, 2.45) is 5.92 Å². The molecule has 2 rings (SSSR count). The van der Waals surface area contributed by atoms with E-state index in [-0.39, 0.29) is 23.3 Å². The first-order chi connectivity index (χ1) is 11.4. The van der Waals surface area contributed by atoms with Crippen molar-refractivity contribution in [2.75, 3.05) is 33.2 Å². The van der Waals surface area contributed by atoms with Crippen LogP contribution in [0.4, 0.5) is 0 Å². The van der Waals surface area contributed by atoms with Crippen molar-refractivity contribution in [3.8, 4) is 0 Å². The van der Waals surface area contributed by atoms with Crippen molar-refractivity contribution < 1.29 is 19.5 Å². The standard InChI is InChI=1S/C17H23N3O4/c1-12(21)20-7-6-19(10-15(11-20)16(22)18-2)9-13-4-3-5-14(8-13)17(23)24/h3-5,8,15H,6-7,9-11H2,1-2H3,(H,18,22)(H,23,24). The lowest BCUT2D eigenvalue weighted by Gasteiger charge is -2.23. The average Bonchev–Trinajstić information content (AvgIpc) is 2.77. The van der Waals surface area contributed by atoms with E-state index in [4.69, 9.17) is 5.11 Å². The minimum absolute atomic E-state index is 0.0429. The highest BCUT2D eigenvalue weighted by Gasteiger charge is 2.28. The first kappa shape index (κ1) is 17.9. The highest BCUT2D eigenvalue weighted by atomic mass is 16.4. The van der Waals surface area contributed by atoms with Gasteiger partial charge in [-0.2, -0.15) is 0 Å². The monoisotopic (exact) mass is 333 g/mol. The Bertz CT molecular complexity index is 632. The van der Waals surface area contributed by atoms with E-state index in [9.17, 15) is 14.4 Å². The predicted molar refractivity (Wildman–Crippen MR) is 88.5 cm³/mol. The molecule has 0 radical (unpaired) electrons. The Hall–Kier alpha value is -2.41. The second-order valence-corrected chi connectivity index (χ2v) is 6.02. The van der Waals surface area contributed by atoms with Gasteiger partial charge >= 0.3 is 5.97 Å². The van der Waals surface area contributed by atoms with E-state index in [1.165, 1.54) is 6.92 Å². The molecule has 2 amide bonds. The number of carbonyl (C=O) groups is 3. The van der Waals surface area contributed by atoms with Gasteiger partial charge in [-0.3, -0.25) is 14.5 Å². The van der Waals surface area contributed by atoms with Gasteiger partial charge < -0.3 is 15.3 Å². The minimum atomic E-state index is -0.960. The average molecular weight is 333 g/mol. The van der Waals surface area contributed by atoms with Gasteiger partial charge in [-0.15, -0.1) is 0 Å². The number of benzene rings is 1. The fourth-order valence-electron chi connectivity index (χ4n) is 2.94. The van der Waals surface area contributed by atoms with Gasteiger partial charge in [0.15, 0.2) is 0 Å². The summed E-state index contributed by atoms with van der Waals surface area (Å²) in [7, 11) is 1.59. The summed E-state index contributed by atoms with van der Waals surface area (Å²) in [6.07, 6.45) is 0. The van der Waals surface area contributed by atoms with E-state index >= 15 is 0 Å². The van der Waals surface area contributed by atoms with Crippen molar-refractivity contribution >= 4 is 17.8 Å². The zero-order chi connectivity index (χ0) is 17.7. The molecule has 1 unspecified atom stereocenters. The van der Waals surface area contributed by atoms with Crippen LogP contribution < -0.4 is 5.32 Å². The number of hydrogen-bond acceptors (Lipinski definition) is 4. The predicted octanol–water partition coefficient (Wildman–Crippen LogP) is 0.411. The van der Waals surface area contributed by atoms with E-state index in [1.807, 2.05) is 6.07 Å². The molecule has 0 bridgehead atoms. The first-order valence-electron chi connectivity index (χ1n) is 7.92. The first-order valence-corrected chi connectivity index (χ1v) is 7.92. The molecule has 1 aliphatic rings. The maximum Gasteiger partial charge on any atom is 0.335 e. The van der Waals surface area contributed by atoms with Crippen molar-refractivity contribution in [3.05, 3.63) is 35.4 Å². The molecule has 2 N–H and O–H groups in total. The van der Waals surface area contributed by atoms with Gasteiger partial charge in [-0.25, -0.2) is 4.79 Å². The van der Waals surface area contributed by atoms with Crippen LogP contribution in [0.2, 0.25) is 0 Å². The lowest BCUT2D eigenvalue weighted by atomic mass is 10.1. The summed E-state index contributed by atoms with van der Waals surface area (Å²) >= 11 is 0. The highest BCUT2D eigenvalue weighted by Crippen LogP contribution is 2.15. The van der Waals surface area contributed by atoms with Crippen LogP contribution in [0.25, 0.3) is 0 Å². The molecule has 0 spiro atoms. The zero-order valence-electron chi connectivity index (χ0n) is 14.0. The van der Waals surface area contributed by atoms with Crippen LogP contribution in [-0.4, -0.2) is 65.9 Å². The van der Waals surface area contributed by atoms with Crippen LogP contribution in [0, 0.1) is 5.92 Å². The number of nitrogens with zero attached hydrogens (tertiary/aromatic N) is 2. The van der Waals surface area contributed by atoms with E-state index in [0.717, 1.165) is 5.56 Å². The Kier molecular flexibility index (Phi) is 5.92. The fourth-order valence-corrected chi connectivity index (χ4v) is 2.94. The van der Waals surface area contributed by atoms with Crippen LogP contribution >= 0.6 is 0 Å². The minimum Gasteiger partial charge on any atom is -0.478 e. The SMILES string of the molecule is CNC(=O)C1CN(Cc2cccc(C(=O)O)c2)CCN(C(C)=O)C1. The number of carboxylic acids is 1. The van der Waals surface area contributed by atoms with Crippen molar-refractivity contribution in [1.29, 1.82) is 0 Å². The van der Waals surface area contributed by atoms with Crippen LogP contribution in [-0.2, 0) is 16.1 Å². The van der Waals surface area contributed by atoms with Gasteiger partial charge in [0.2, 0.25) is 11.8 Å². The summed E-state index contributed by atoms with van der Waals surface area (Å²) in [5.41, 5.74) is 1.12. The molecule has 1 aromatic carbocycles. The number of rotatable bonds is 4. The molecule has 1 aromatic rings. The summed E-state index contributed by atoms with van der Waals surface area (Å²) in [6, 6.07) is 6.79. The fraction of sp³-hybridized carbons (Fsp3) is 0.471. The van der Waals surface area contributed by atoms with Crippen LogP contribution in [0.1, 0.15) is 22.8 Å². The molecule has 1 saturated heterocycles. The van der Waals surface area contributed by atoms with E-state index in [0.29, 0.717) is 32.7 Å². The third-order valence-corrected chi connectivity index (χ3v) is 4.25. The van der Waals surface area contributed by atoms with Gasteiger partial charge in [0, 0.05) is 46.7 Å². The molecule has 24 heavy (non-hydrogen) atoms. The normalized spacial score (nSPS) is 18.8. The second-order valence-electron chi connectivity index (χ2n) is 6.02. The van der Waals surface area contributed by atoms with Gasteiger partial charge in [0.1, 0.15) is 0 Å². The summed E-state index contributed by atoms with van der Waals surface area (Å²) in [5, 5.41) is 11.7. The van der Waals surface area contributed by atoms with Crippen LogP contribution in [0.5, 0.6) is 0 Å². The van der Waals surface area contributed by atoms with Gasteiger partial charge in [0.05, 0.1) is 11.5 Å². The summed E-state index contributed by atoms with van der Waals surface area (Å²) in [4.78, 5) is 38.6. The third-order valence-electron chi connectivity index (χ3n) is 4.25. The lowest BCUT2D eigenvalue weighted by molar-refractivity contribution is -0.130. The number of amides is 2. The molecular formula is C17H23N3O4. The number of hydrogen-bond donors (Lipinski definition) is 2. The molecule has 7 heteroatoms. The van der Waals surface area contributed by atoms with Crippen molar-refractivity contribution in [2.45, 2.75) is 13.5 Å². The lowest BCUT2D eigenvalue weighted by Crippen LogP contribution is -2.40. The van der Waals surface area contributed by atoms with E-state index in [2.05, 4.69) is 10.2 Å². The third kappa shape index (κ3) is 4.55. The summed E-state index contributed by atoms with van der Waals surface area (Å²) in [6.45, 7) is 4.18. The number of carboxylic acid groups (broad SMARTS) is 1. The molecule has 1 heterocycles. The Morgan fingerprint density at radius 1 is 1.25 bits per heavy atom. The smallest absolute Gasteiger partial charge is 0.335 e. The molecular weight excluding hydrogens is 310 g/mol. The largest absolute Gasteiger partial charge is 0.478 e. The Morgan fingerprint density at radius 2 is 2.00 bits per heavy atom. The van der Waals surface area contributed by atoms with Crippen LogP contribution in [0.3, 0.4) is 0 Å². The molecule has 0 aliphatic carbocycles. The van der Waals surface area contributed by atoms with Crippen molar-refractivity contribution in [3.63, 3.8) is 0 Å².